The minimum Gasteiger partial charge on any atom is -0.497 e. The Bertz CT molecular complexity index is 6210. The van der Waals surface area contributed by atoms with E-state index in [9.17, 15) is 20.2 Å². The Morgan fingerprint density at radius 1 is 0.221 bits per heavy atom. The van der Waals surface area contributed by atoms with E-state index in [1.54, 1.807) is 31.4 Å². The van der Waals surface area contributed by atoms with E-state index >= 15 is 0 Å². The zero-order chi connectivity index (χ0) is 77.3. The fraction of sp³-hybridized carbons (Fsp3) is 0.0400. The van der Waals surface area contributed by atoms with Gasteiger partial charge < -0.3 is 34.1 Å². The van der Waals surface area contributed by atoms with E-state index in [1.165, 1.54) is 82.8 Å². The topological polar surface area (TPSA) is 115 Å². The molecule has 113 heavy (non-hydrogen) atoms. The zero-order valence-electron chi connectivity index (χ0n) is 62.7. The first kappa shape index (κ1) is 72.1. The first-order valence-corrected chi connectivity index (χ1v) is 37.3. The highest BCUT2D eigenvalue weighted by Gasteiger charge is 2.23. The molecule has 0 unspecified atom stereocenters. The predicted octanol–water partition coefficient (Wildman–Crippen LogP) is 27.5. The second-order valence-electron chi connectivity index (χ2n) is 27.5. The van der Waals surface area contributed by atoms with Crippen LogP contribution in [-0.4, -0.2) is 38.1 Å². The van der Waals surface area contributed by atoms with Crippen molar-refractivity contribution in [3.63, 3.8) is 0 Å². The molecule has 0 saturated heterocycles. The van der Waals surface area contributed by atoms with Gasteiger partial charge in [0.05, 0.1) is 51.1 Å². The van der Waals surface area contributed by atoms with Crippen molar-refractivity contribution in [2.45, 2.75) is 0 Å². The molecular formula is C100H78N8O5. The highest BCUT2D eigenvalue weighted by Crippen LogP contribution is 2.47. The summed E-state index contributed by atoms with van der Waals surface area (Å²) in [5.41, 5.74) is 15.8. The number of fused-ring (bicyclic) bond motifs is 6. The van der Waals surface area contributed by atoms with Gasteiger partial charge in [-0.15, -0.1) is 0 Å². The van der Waals surface area contributed by atoms with Crippen LogP contribution in [0.4, 0.5) is 96.7 Å². The van der Waals surface area contributed by atoms with E-state index in [2.05, 4.69) is 360 Å². The molecule has 0 aliphatic rings. The van der Waals surface area contributed by atoms with Crippen LogP contribution in [0.2, 0.25) is 0 Å². The number of ether oxygens (including phenoxy) is 1. The van der Waals surface area contributed by atoms with Crippen molar-refractivity contribution >= 4 is 161 Å². The van der Waals surface area contributed by atoms with Crippen molar-refractivity contribution in [2.24, 2.45) is 0 Å². The van der Waals surface area contributed by atoms with Crippen molar-refractivity contribution in [2.75, 3.05) is 57.7 Å². The quantitative estimate of drug-likeness (QED) is 0.0604. The largest absolute Gasteiger partial charge is 0.497 e. The maximum absolute atomic E-state index is 11.3. The fourth-order valence-corrected chi connectivity index (χ4v) is 15.0. The van der Waals surface area contributed by atoms with Gasteiger partial charge in [0.25, 0.3) is 11.4 Å². The lowest BCUT2D eigenvalue weighted by molar-refractivity contribution is -0.385. The highest BCUT2D eigenvalue weighted by atomic mass is 16.6. The summed E-state index contributed by atoms with van der Waals surface area (Å²) in [5.74, 6) is 0.846. The first-order valence-electron chi connectivity index (χ1n) is 37.3. The number of anilines is 15. The maximum Gasteiger partial charge on any atom is 0.271 e. The molecule has 0 fully saturated rings. The van der Waals surface area contributed by atoms with Crippen LogP contribution in [0.3, 0.4) is 0 Å². The van der Waals surface area contributed by atoms with Crippen molar-refractivity contribution in [3.8, 4) is 5.75 Å². The van der Waals surface area contributed by atoms with Crippen LogP contribution < -0.4 is 34.1 Å². The van der Waals surface area contributed by atoms with Crippen LogP contribution in [0.5, 0.6) is 5.75 Å². The van der Waals surface area contributed by atoms with Gasteiger partial charge in [-0.2, -0.15) is 0 Å². The predicted molar refractivity (Wildman–Crippen MR) is 472 cm³/mol. The minimum absolute atomic E-state index is 0.0732. The lowest BCUT2D eigenvalue weighted by atomic mass is 10.0. The van der Waals surface area contributed by atoms with E-state index in [1.807, 2.05) is 48.2 Å². The maximum atomic E-state index is 11.3. The van der Waals surface area contributed by atoms with Crippen LogP contribution in [0.25, 0.3) is 64.6 Å². The lowest BCUT2D eigenvalue weighted by Crippen LogP contribution is -2.12. The van der Waals surface area contributed by atoms with Gasteiger partial charge >= 0.3 is 0 Å². The van der Waals surface area contributed by atoms with Gasteiger partial charge in [0.2, 0.25) is 0 Å². The van der Waals surface area contributed by atoms with Crippen LogP contribution in [0.15, 0.2) is 400 Å². The number of nitrogens with zero attached hydrogens (tertiary/aromatic N) is 8. The molecule has 18 aromatic rings. The van der Waals surface area contributed by atoms with Gasteiger partial charge in [0.1, 0.15) is 5.75 Å². The highest BCUT2D eigenvalue weighted by molar-refractivity contribution is 6.08. The van der Waals surface area contributed by atoms with Gasteiger partial charge in [-0.3, -0.25) is 20.2 Å². The molecule has 0 spiro atoms. The van der Waals surface area contributed by atoms with Crippen LogP contribution >= 0.6 is 0 Å². The Morgan fingerprint density at radius 3 is 0.717 bits per heavy atom. The molecule has 13 nitrogen and oxygen atoms in total. The van der Waals surface area contributed by atoms with Gasteiger partial charge in [-0.05, 0) is 172 Å². The Kier molecular flexibility index (Phi) is 20.7. The van der Waals surface area contributed by atoms with E-state index < -0.39 is 0 Å². The van der Waals surface area contributed by atoms with Crippen LogP contribution in [0, 0.1) is 20.2 Å². The number of methoxy groups -OCH3 is 1. The molecule has 0 amide bonds. The number of rotatable bonds is 18. The summed E-state index contributed by atoms with van der Waals surface area (Å²) in [4.78, 5) is 34.7. The van der Waals surface area contributed by atoms with Crippen molar-refractivity contribution in [3.05, 3.63) is 421 Å². The number of hydrogen-bond donors (Lipinski definition) is 0. The van der Waals surface area contributed by atoms with E-state index in [4.69, 9.17) is 4.74 Å². The first-order chi connectivity index (χ1) is 55.4. The zero-order valence-corrected chi connectivity index (χ0v) is 62.7. The molecule has 0 bridgehead atoms. The van der Waals surface area contributed by atoms with E-state index in [0.717, 1.165) is 91.1 Å². The molecule has 0 N–H and O–H groups in total. The molecule has 0 atom stereocenters. The SMILES string of the molecule is CN(c1ccc(N(c2cccc3ccccc23)c2cccc3ccccc23)cc1)c1ccc([N+](=O)[O-])cc1.CN(c1ccc(N(c2cccc3ccccc23)c2cccc3ccccc23)cc1)c1cccc([N+](=O)[O-])c1.COc1cccc(N(C)c2ccc(N(c3cccc4ccccc34)c3cccc4ccccc34)cc2)c1. The second kappa shape index (κ2) is 32.4. The van der Waals surface area contributed by atoms with Gasteiger partial charge in [-0.1, -0.05) is 231 Å². The van der Waals surface area contributed by atoms with Crippen molar-refractivity contribution in [1.29, 1.82) is 0 Å². The Balaban J connectivity index is 0.000000128. The average molecular weight is 1470 g/mol. The van der Waals surface area contributed by atoms with Crippen LogP contribution in [0.1, 0.15) is 0 Å². The third-order valence-electron chi connectivity index (χ3n) is 20.8. The number of non-ortho nitro benzene ring substituents is 2. The number of nitro groups is 2. The Hall–Kier alpha value is -15.1. The second-order valence-corrected chi connectivity index (χ2v) is 27.5. The standard InChI is InChI=1S/C34H28N2O.2C33H25N3O2/c1-35(29-14-9-15-30(24-29)37-2)27-20-22-28(23-21-27)36(33-18-7-12-25-10-3-5-16-31(25)33)34-19-8-13-26-11-4-6-17-32(26)34;1-34(28-13-8-14-29(23-28)36(37)38)26-19-21-27(22-20-26)35(32-17-6-11-24-9-2-4-15-30(24)32)33-18-7-12-25-10-3-5-16-31(25)33;1-34(27-18-22-29(23-19-27)36(37)38)26-16-20-28(21-17-26)35(32-14-6-10-24-8-2-4-12-30(24)32)33-15-7-11-25-9-3-5-13-31(25)33/h3-24H,1-2H3;2*2-23H,1H3. The Labute approximate surface area is 656 Å². The van der Waals surface area contributed by atoms with Gasteiger partial charge in [0, 0.05) is 135 Å². The smallest absolute Gasteiger partial charge is 0.271 e. The molecule has 18 rings (SSSR count). The molecule has 0 aliphatic heterocycles. The Morgan fingerprint density at radius 2 is 0.442 bits per heavy atom. The monoisotopic (exact) mass is 1470 g/mol. The summed E-state index contributed by atoms with van der Waals surface area (Å²) in [6.45, 7) is 0. The molecule has 18 aromatic carbocycles. The molecule has 13 heteroatoms. The van der Waals surface area contributed by atoms with Crippen molar-refractivity contribution in [1.82, 2.24) is 0 Å². The number of benzene rings is 18. The van der Waals surface area contributed by atoms with Gasteiger partial charge in [-0.25, -0.2) is 0 Å². The molecular weight excluding hydrogens is 1390 g/mol. The third kappa shape index (κ3) is 15.0. The summed E-state index contributed by atoms with van der Waals surface area (Å²) in [7, 11) is 7.66. The summed E-state index contributed by atoms with van der Waals surface area (Å²) < 4.78 is 5.43. The molecule has 0 aliphatic carbocycles. The summed E-state index contributed by atoms with van der Waals surface area (Å²) in [6, 6.07) is 136. The third-order valence-corrected chi connectivity index (χ3v) is 20.8. The molecule has 0 heterocycles. The van der Waals surface area contributed by atoms with Crippen molar-refractivity contribution < 1.29 is 14.6 Å². The minimum atomic E-state index is -0.381. The number of nitro benzene ring substituents is 2. The molecule has 548 valence electrons. The van der Waals surface area contributed by atoms with E-state index in [-0.39, 0.29) is 21.2 Å². The summed E-state index contributed by atoms with van der Waals surface area (Å²) in [6.07, 6.45) is 0. The fourth-order valence-electron chi connectivity index (χ4n) is 15.0. The van der Waals surface area contributed by atoms with Gasteiger partial charge in [0.15, 0.2) is 0 Å². The summed E-state index contributed by atoms with van der Waals surface area (Å²) in [5, 5.41) is 36.6. The molecule has 0 radical (unpaired) electrons. The molecule has 0 saturated carbocycles. The molecule has 0 aromatic heterocycles. The van der Waals surface area contributed by atoms with Crippen LogP contribution in [-0.2, 0) is 0 Å². The van der Waals surface area contributed by atoms with E-state index in [0.29, 0.717) is 0 Å². The summed E-state index contributed by atoms with van der Waals surface area (Å²) >= 11 is 0. The average Bonchev–Trinajstić information content (AvgIpc) is 0.771. The lowest BCUT2D eigenvalue weighted by Gasteiger charge is -2.29. The number of hydrogen-bond acceptors (Lipinski definition) is 11. The normalized spacial score (nSPS) is 11.0.